The Morgan fingerprint density at radius 1 is 1.85 bits per heavy atom. The molecule has 0 radical (unpaired) electrons. The molecule has 0 saturated carbocycles. The van der Waals surface area contributed by atoms with E-state index in [4.69, 9.17) is 11.6 Å². The van der Waals surface area contributed by atoms with Gasteiger partial charge in [0.1, 0.15) is 10.4 Å². The molecule has 13 heavy (non-hydrogen) atoms. The molecule has 1 amide bonds. The van der Waals surface area contributed by atoms with E-state index in [0.29, 0.717) is 6.54 Å². The van der Waals surface area contributed by atoms with Crippen molar-refractivity contribution in [1.29, 1.82) is 0 Å². The van der Waals surface area contributed by atoms with Gasteiger partial charge < -0.3 is 5.32 Å². The molecule has 0 bridgehead atoms. The molecular weight excluding hydrogens is 208 g/mol. The Balaban J connectivity index is 2.39. The molecule has 0 spiro atoms. The number of amides is 1. The van der Waals surface area contributed by atoms with Gasteiger partial charge in [-0.05, 0) is 13.8 Å². The summed E-state index contributed by atoms with van der Waals surface area (Å²) in [7, 11) is 0. The second-order valence-electron chi connectivity index (χ2n) is 2.70. The average molecular weight is 219 g/mol. The highest BCUT2D eigenvalue weighted by molar-refractivity contribution is 7.11. The van der Waals surface area contributed by atoms with Crippen molar-refractivity contribution in [2.75, 3.05) is 0 Å². The second-order valence-corrected chi connectivity index (χ2v) is 4.67. The van der Waals surface area contributed by atoms with E-state index in [2.05, 4.69) is 10.3 Å². The summed E-state index contributed by atoms with van der Waals surface area (Å²) in [6, 6.07) is 0. The number of hydrogen-bond acceptors (Lipinski definition) is 3. The first-order valence-electron chi connectivity index (χ1n) is 3.92. The molecular formula is C8H11ClN2OS. The number of aryl methyl sites for hydroxylation is 1. The van der Waals surface area contributed by atoms with E-state index >= 15 is 0 Å². The summed E-state index contributed by atoms with van der Waals surface area (Å²) in [6.45, 7) is 4.09. The topological polar surface area (TPSA) is 42.0 Å². The lowest BCUT2D eigenvalue weighted by molar-refractivity contribution is -0.120. The van der Waals surface area contributed by atoms with Crippen LogP contribution in [0.15, 0.2) is 6.20 Å². The SMILES string of the molecule is Cc1cnc(CNC(=O)C(C)Cl)s1. The van der Waals surface area contributed by atoms with Crippen LogP contribution < -0.4 is 5.32 Å². The van der Waals surface area contributed by atoms with Crippen molar-refractivity contribution >= 4 is 28.8 Å². The van der Waals surface area contributed by atoms with Crippen LogP contribution in [0.5, 0.6) is 0 Å². The Morgan fingerprint density at radius 3 is 3.00 bits per heavy atom. The minimum atomic E-state index is -0.485. The van der Waals surface area contributed by atoms with Gasteiger partial charge in [-0.2, -0.15) is 0 Å². The third kappa shape index (κ3) is 3.32. The molecule has 0 aromatic carbocycles. The van der Waals surface area contributed by atoms with Gasteiger partial charge in [0.05, 0.1) is 6.54 Å². The largest absolute Gasteiger partial charge is 0.348 e. The van der Waals surface area contributed by atoms with Crippen molar-refractivity contribution in [1.82, 2.24) is 10.3 Å². The van der Waals surface area contributed by atoms with Crippen molar-refractivity contribution in [3.63, 3.8) is 0 Å². The lowest BCUT2D eigenvalue weighted by Crippen LogP contribution is -2.28. The maximum atomic E-state index is 11.1. The smallest absolute Gasteiger partial charge is 0.238 e. The third-order valence-electron chi connectivity index (χ3n) is 1.44. The molecule has 1 aromatic heterocycles. The number of aromatic nitrogens is 1. The zero-order valence-corrected chi connectivity index (χ0v) is 9.08. The fourth-order valence-electron chi connectivity index (χ4n) is 0.787. The number of nitrogens with one attached hydrogen (secondary N) is 1. The lowest BCUT2D eigenvalue weighted by Gasteiger charge is -2.03. The normalized spacial score (nSPS) is 12.5. The van der Waals surface area contributed by atoms with Gasteiger partial charge in [0.25, 0.3) is 0 Å². The second kappa shape index (κ2) is 4.58. The maximum Gasteiger partial charge on any atom is 0.238 e. The van der Waals surface area contributed by atoms with E-state index in [9.17, 15) is 4.79 Å². The molecule has 0 saturated heterocycles. The summed E-state index contributed by atoms with van der Waals surface area (Å²) in [4.78, 5) is 16.3. The molecule has 5 heteroatoms. The van der Waals surface area contributed by atoms with Crippen LogP contribution in [0.3, 0.4) is 0 Å². The summed E-state index contributed by atoms with van der Waals surface area (Å²) < 4.78 is 0. The van der Waals surface area contributed by atoms with Crippen molar-refractivity contribution < 1.29 is 4.79 Å². The highest BCUT2D eigenvalue weighted by Gasteiger charge is 2.08. The van der Waals surface area contributed by atoms with Gasteiger partial charge in [-0.25, -0.2) is 4.98 Å². The summed E-state index contributed by atoms with van der Waals surface area (Å²) in [5.74, 6) is -0.158. The molecule has 0 aliphatic rings. The van der Waals surface area contributed by atoms with Crippen LogP contribution in [-0.2, 0) is 11.3 Å². The third-order valence-corrected chi connectivity index (χ3v) is 2.56. The Bertz CT molecular complexity index is 298. The number of thiazole rings is 1. The number of halogens is 1. The van der Waals surface area contributed by atoms with Gasteiger partial charge in [-0.15, -0.1) is 22.9 Å². The van der Waals surface area contributed by atoms with E-state index in [1.165, 1.54) is 0 Å². The molecule has 72 valence electrons. The number of nitrogens with zero attached hydrogens (tertiary/aromatic N) is 1. The molecule has 1 heterocycles. The van der Waals surface area contributed by atoms with Crippen LogP contribution in [-0.4, -0.2) is 16.3 Å². The lowest BCUT2D eigenvalue weighted by atomic mass is 10.4. The fourth-order valence-corrected chi connectivity index (χ4v) is 1.59. The predicted molar refractivity (Wildman–Crippen MR) is 54.0 cm³/mol. The van der Waals surface area contributed by atoms with E-state index in [0.717, 1.165) is 9.88 Å². The van der Waals surface area contributed by atoms with E-state index in [1.807, 2.05) is 6.92 Å². The fraction of sp³-hybridized carbons (Fsp3) is 0.500. The van der Waals surface area contributed by atoms with Gasteiger partial charge in [0.15, 0.2) is 0 Å². The van der Waals surface area contributed by atoms with Crippen LogP contribution in [0, 0.1) is 6.92 Å². The molecule has 0 fully saturated rings. The summed E-state index contributed by atoms with van der Waals surface area (Å²) in [5.41, 5.74) is 0. The molecule has 1 N–H and O–H groups in total. The zero-order valence-electron chi connectivity index (χ0n) is 7.50. The van der Waals surface area contributed by atoms with Gasteiger partial charge in [-0.3, -0.25) is 4.79 Å². The van der Waals surface area contributed by atoms with Crippen LogP contribution in [0.25, 0.3) is 0 Å². The highest BCUT2D eigenvalue weighted by atomic mass is 35.5. The zero-order chi connectivity index (χ0) is 9.84. The van der Waals surface area contributed by atoms with Crippen LogP contribution in [0.1, 0.15) is 16.8 Å². The Hall–Kier alpha value is -0.610. The standard InChI is InChI=1S/C8H11ClN2OS/c1-5-3-10-7(13-5)4-11-8(12)6(2)9/h3,6H,4H2,1-2H3,(H,11,12). The number of carbonyl (C=O) groups is 1. The molecule has 1 unspecified atom stereocenters. The highest BCUT2D eigenvalue weighted by Crippen LogP contribution is 2.10. The van der Waals surface area contributed by atoms with Gasteiger partial charge in [-0.1, -0.05) is 0 Å². The molecule has 3 nitrogen and oxygen atoms in total. The van der Waals surface area contributed by atoms with Crippen LogP contribution in [0.4, 0.5) is 0 Å². The summed E-state index contributed by atoms with van der Waals surface area (Å²) in [5, 5.41) is 3.11. The van der Waals surface area contributed by atoms with Crippen molar-refractivity contribution in [2.45, 2.75) is 25.8 Å². The van der Waals surface area contributed by atoms with Gasteiger partial charge >= 0.3 is 0 Å². The van der Waals surface area contributed by atoms with Crippen molar-refractivity contribution in [2.24, 2.45) is 0 Å². The molecule has 0 aliphatic carbocycles. The molecule has 1 rings (SSSR count). The number of rotatable bonds is 3. The minimum absolute atomic E-state index is 0.158. The van der Waals surface area contributed by atoms with Crippen molar-refractivity contribution in [3.05, 3.63) is 16.1 Å². The first kappa shape index (κ1) is 10.5. The first-order valence-corrected chi connectivity index (χ1v) is 5.18. The minimum Gasteiger partial charge on any atom is -0.348 e. The summed E-state index contributed by atoms with van der Waals surface area (Å²) >= 11 is 7.14. The molecule has 0 aliphatic heterocycles. The monoisotopic (exact) mass is 218 g/mol. The van der Waals surface area contributed by atoms with Gasteiger partial charge in [0.2, 0.25) is 5.91 Å². The Kier molecular flexibility index (Phi) is 3.69. The van der Waals surface area contributed by atoms with Gasteiger partial charge in [0, 0.05) is 11.1 Å². The first-order chi connectivity index (χ1) is 6.09. The Labute approximate surface area is 86.1 Å². The predicted octanol–water partition coefficient (Wildman–Crippen LogP) is 1.70. The quantitative estimate of drug-likeness (QED) is 0.785. The average Bonchev–Trinajstić information content (AvgIpc) is 2.47. The van der Waals surface area contributed by atoms with Crippen LogP contribution >= 0.6 is 22.9 Å². The van der Waals surface area contributed by atoms with Crippen LogP contribution in [0.2, 0.25) is 0 Å². The number of hydrogen-bond donors (Lipinski definition) is 1. The Morgan fingerprint density at radius 2 is 2.54 bits per heavy atom. The van der Waals surface area contributed by atoms with E-state index in [1.54, 1.807) is 24.5 Å². The summed E-state index contributed by atoms with van der Waals surface area (Å²) in [6.07, 6.45) is 1.79. The number of carbonyl (C=O) groups excluding carboxylic acids is 1. The van der Waals surface area contributed by atoms with Crippen molar-refractivity contribution in [3.8, 4) is 0 Å². The van der Waals surface area contributed by atoms with E-state index in [-0.39, 0.29) is 5.91 Å². The number of alkyl halides is 1. The molecule has 1 atom stereocenters. The van der Waals surface area contributed by atoms with E-state index < -0.39 is 5.38 Å². The maximum absolute atomic E-state index is 11.1. The molecule has 1 aromatic rings.